The van der Waals surface area contributed by atoms with Crippen LogP contribution >= 0.6 is 11.8 Å². The molecule has 4 rings (SSSR count). The zero-order valence-corrected chi connectivity index (χ0v) is 17.0. The van der Waals surface area contributed by atoms with Crippen LogP contribution in [0.4, 0.5) is 0 Å². The molecule has 3 aromatic heterocycles. The average molecular weight is 407 g/mol. The fourth-order valence-corrected chi connectivity index (χ4v) is 3.78. The van der Waals surface area contributed by atoms with Gasteiger partial charge in [-0.25, -0.2) is 4.98 Å². The van der Waals surface area contributed by atoms with Gasteiger partial charge in [-0.3, -0.25) is 9.97 Å². The minimum absolute atomic E-state index is 0.480. The summed E-state index contributed by atoms with van der Waals surface area (Å²) in [7, 11) is 0. The van der Waals surface area contributed by atoms with Crippen LogP contribution in [0.25, 0.3) is 11.0 Å². The van der Waals surface area contributed by atoms with E-state index >= 15 is 0 Å². The normalized spacial score (nSPS) is 11.1. The van der Waals surface area contributed by atoms with Crippen molar-refractivity contribution in [1.29, 1.82) is 0 Å². The third-order valence-corrected chi connectivity index (χ3v) is 5.32. The molecule has 148 valence electrons. The first-order valence-electron chi connectivity index (χ1n) is 9.42. The Balaban J connectivity index is 1.28. The van der Waals surface area contributed by atoms with Crippen molar-refractivity contribution in [2.24, 2.45) is 0 Å². The highest BCUT2D eigenvalue weighted by Crippen LogP contribution is 2.26. The van der Waals surface area contributed by atoms with E-state index in [1.807, 2.05) is 55.5 Å². The number of fused-ring (bicyclic) bond motifs is 1. The molecule has 0 spiro atoms. The third kappa shape index (κ3) is 5.13. The third-order valence-electron chi connectivity index (χ3n) is 4.43. The number of H-pyrrole nitrogens is 1. The number of thioether (sulfide) groups is 1. The molecule has 4 aromatic rings. The number of rotatable bonds is 9. The second-order valence-electron chi connectivity index (χ2n) is 6.45. The van der Waals surface area contributed by atoms with Crippen molar-refractivity contribution in [1.82, 2.24) is 19.9 Å². The van der Waals surface area contributed by atoms with Gasteiger partial charge in [0.2, 0.25) is 0 Å². The molecular formula is C22H22N4O2S. The summed E-state index contributed by atoms with van der Waals surface area (Å²) in [6.07, 6.45) is 3.55. The lowest BCUT2D eigenvalue weighted by molar-refractivity contribution is 0.0867. The van der Waals surface area contributed by atoms with Crippen LogP contribution in [0.3, 0.4) is 0 Å². The molecule has 0 amide bonds. The molecule has 0 fully saturated rings. The summed E-state index contributed by atoms with van der Waals surface area (Å²) in [4.78, 5) is 16.7. The topological polar surface area (TPSA) is 72.9 Å². The molecule has 0 aliphatic rings. The van der Waals surface area contributed by atoms with Crippen LogP contribution in [0, 0.1) is 6.92 Å². The van der Waals surface area contributed by atoms with Gasteiger partial charge in [0.15, 0.2) is 5.16 Å². The van der Waals surface area contributed by atoms with Gasteiger partial charge in [0, 0.05) is 23.7 Å². The van der Waals surface area contributed by atoms with E-state index in [4.69, 9.17) is 9.47 Å². The lowest BCUT2D eigenvalue weighted by Crippen LogP contribution is -2.08. The monoisotopic (exact) mass is 406 g/mol. The molecule has 3 heterocycles. The fourth-order valence-electron chi connectivity index (χ4n) is 2.87. The molecule has 0 saturated heterocycles. The van der Waals surface area contributed by atoms with Gasteiger partial charge in [0.05, 0.1) is 35.6 Å². The Morgan fingerprint density at radius 2 is 1.86 bits per heavy atom. The van der Waals surface area contributed by atoms with Gasteiger partial charge in [-0.15, -0.1) is 0 Å². The molecule has 6 nitrogen and oxygen atoms in total. The number of aromatic nitrogens is 4. The number of hydrogen-bond acceptors (Lipinski definition) is 6. The van der Waals surface area contributed by atoms with Gasteiger partial charge < -0.3 is 14.5 Å². The standard InChI is InChI=1S/C22H22N4O2S/c1-16-20(15-29-22-25-18-7-2-3-8-19(18)26-22)24-11-9-21(16)28-13-12-27-14-17-6-4-5-10-23-17/h2-11H,12-15H2,1H3,(H,25,26). The van der Waals surface area contributed by atoms with Gasteiger partial charge in [-0.2, -0.15) is 0 Å². The summed E-state index contributed by atoms with van der Waals surface area (Å²) < 4.78 is 11.5. The number of imidazole rings is 1. The van der Waals surface area contributed by atoms with Crippen LogP contribution in [0.2, 0.25) is 0 Å². The van der Waals surface area contributed by atoms with Crippen molar-refractivity contribution >= 4 is 22.8 Å². The maximum absolute atomic E-state index is 5.90. The molecule has 0 unspecified atom stereocenters. The molecule has 29 heavy (non-hydrogen) atoms. The van der Waals surface area contributed by atoms with Crippen molar-refractivity contribution < 1.29 is 9.47 Å². The second-order valence-corrected chi connectivity index (χ2v) is 7.41. The molecule has 7 heteroatoms. The van der Waals surface area contributed by atoms with E-state index in [1.165, 1.54) is 0 Å². The van der Waals surface area contributed by atoms with E-state index in [-0.39, 0.29) is 0 Å². The Labute approximate surface area is 173 Å². The smallest absolute Gasteiger partial charge is 0.166 e. The van der Waals surface area contributed by atoms with Crippen LogP contribution in [-0.4, -0.2) is 33.1 Å². The minimum atomic E-state index is 0.480. The molecule has 0 radical (unpaired) electrons. The van der Waals surface area contributed by atoms with Crippen LogP contribution in [0.5, 0.6) is 5.75 Å². The van der Waals surface area contributed by atoms with Crippen molar-refractivity contribution in [3.63, 3.8) is 0 Å². The summed E-state index contributed by atoms with van der Waals surface area (Å²) in [5, 5.41) is 0.890. The summed E-state index contributed by atoms with van der Waals surface area (Å²) in [6, 6.07) is 15.7. The summed E-state index contributed by atoms with van der Waals surface area (Å²) in [5.41, 5.74) is 4.96. The first-order valence-corrected chi connectivity index (χ1v) is 10.4. The second kappa shape index (κ2) is 9.54. The molecule has 0 bridgehead atoms. The molecule has 0 aliphatic carbocycles. The number of nitrogens with one attached hydrogen (secondary N) is 1. The van der Waals surface area contributed by atoms with E-state index < -0.39 is 0 Å². The van der Waals surface area contributed by atoms with E-state index in [2.05, 4.69) is 19.9 Å². The van der Waals surface area contributed by atoms with Crippen molar-refractivity contribution in [2.75, 3.05) is 13.2 Å². The van der Waals surface area contributed by atoms with Gasteiger partial charge in [-0.05, 0) is 37.3 Å². The number of ether oxygens (including phenoxy) is 2. The van der Waals surface area contributed by atoms with Crippen LogP contribution in [0.15, 0.2) is 66.1 Å². The molecule has 0 aliphatic heterocycles. The van der Waals surface area contributed by atoms with Crippen molar-refractivity contribution in [2.45, 2.75) is 24.4 Å². The number of para-hydroxylation sites is 2. The molecule has 1 aromatic carbocycles. The number of benzene rings is 1. The molecular weight excluding hydrogens is 384 g/mol. The zero-order chi connectivity index (χ0) is 19.9. The Morgan fingerprint density at radius 1 is 0.966 bits per heavy atom. The Morgan fingerprint density at radius 3 is 2.72 bits per heavy atom. The predicted octanol–water partition coefficient (Wildman–Crippen LogP) is 4.55. The Kier molecular flexibility index (Phi) is 6.38. The lowest BCUT2D eigenvalue weighted by atomic mass is 10.2. The SMILES string of the molecule is Cc1c(OCCOCc2ccccn2)ccnc1CSc1nc2ccccc2[nH]1. The summed E-state index contributed by atoms with van der Waals surface area (Å²) >= 11 is 1.64. The molecule has 0 saturated carbocycles. The summed E-state index contributed by atoms with van der Waals surface area (Å²) in [5.74, 6) is 1.56. The number of pyridine rings is 2. The highest BCUT2D eigenvalue weighted by molar-refractivity contribution is 7.98. The van der Waals surface area contributed by atoms with Gasteiger partial charge >= 0.3 is 0 Å². The Bertz CT molecular complexity index is 1040. The van der Waals surface area contributed by atoms with E-state index in [9.17, 15) is 0 Å². The molecule has 0 atom stereocenters. The average Bonchev–Trinajstić information content (AvgIpc) is 3.17. The maximum atomic E-state index is 5.90. The predicted molar refractivity (Wildman–Crippen MR) is 114 cm³/mol. The lowest BCUT2D eigenvalue weighted by Gasteiger charge is -2.12. The Hall–Kier alpha value is -2.90. The quantitative estimate of drug-likeness (QED) is 0.325. The van der Waals surface area contributed by atoms with Crippen LogP contribution in [-0.2, 0) is 17.1 Å². The van der Waals surface area contributed by atoms with E-state index in [0.717, 1.165) is 44.6 Å². The first-order chi connectivity index (χ1) is 14.3. The van der Waals surface area contributed by atoms with Crippen LogP contribution < -0.4 is 4.74 Å². The minimum Gasteiger partial charge on any atom is -0.491 e. The zero-order valence-electron chi connectivity index (χ0n) is 16.2. The van der Waals surface area contributed by atoms with Crippen molar-refractivity contribution in [3.8, 4) is 5.75 Å². The van der Waals surface area contributed by atoms with Crippen molar-refractivity contribution in [3.05, 3.63) is 77.9 Å². The highest BCUT2D eigenvalue weighted by Gasteiger charge is 2.09. The largest absolute Gasteiger partial charge is 0.491 e. The number of nitrogens with zero attached hydrogens (tertiary/aromatic N) is 3. The van der Waals surface area contributed by atoms with Crippen LogP contribution in [0.1, 0.15) is 17.0 Å². The number of aromatic amines is 1. The van der Waals surface area contributed by atoms with Gasteiger partial charge in [-0.1, -0.05) is 30.0 Å². The van der Waals surface area contributed by atoms with E-state index in [0.29, 0.717) is 19.8 Å². The van der Waals surface area contributed by atoms with Gasteiger partial charge in [0.1, 0.15) is 12.4 Å². The van der Waals surface area contributed by atoms with Gasteiger partial charge in [0.25, 0.3) is 0 Å². The highest BCUT2D eigenvalue weighted by atomic mass is 32.2. The number of hydrogen-bond donors (Lipinski definition) is 1. The summed E-state index contributed by atoms with van der Waals surface area (Å²) in [6.45, 7) is 3.50. The van der Waals surface area contributed by atoms with E-state index in [1.54, 1.807) is 24.2 Å². The molecule has 1 N–H and O–H groups in total. The first kappa shape index (κ1) is 19.4. The fraction of sp³-hybridized carbons (Fsp3) is 0.227. The maximum Gasteiger partial charge on any atom is 0.166 e.